The summed E-state index contributed by atoms with van der Waals surface area (Å²) in [7, 11) is 1.69. The predicted molar refractivity (Wildman–Crippen MR) is 87.4 cm³/mol. The van der Waals surface area contributed by atoms with E-state index in [0.29, 0.717) is 5.69 Å². The van der Waals surface area contributed by atoms with Gasteiger partial charge >= 0.3 is 0 Å². The van der Waals surface area contributed by atoms with Gasteiger partial charge in [-0.3, -0.25) is 14.6 Å². The van der Waals surface area contributed by atoms with Gasteiger partial charge in [0.05, 0.1) is 0 Å². The summed E-state index contributed by atoms with van der Waals surface area (Å²) < 4.78 is 0. The molecule has 0 aliphatic heterocycles. The number of carbonyl (C=O) groups is 2. The molecule has 2 amide bonds. The van der Waals surface area contributed by atoms with Gasteiger partial charge in [0, 0.05) is 43.8 Å². The Labute approximate surface area is 129 Å². The quantitative estimate of drug-likeness (QED) is 0.882. The maximum atomic E-state index is 11.9. The van der Waals surface area contributed by atoms with Gasteiger partial charge < -0.3 is 10.2 Å². The highest BCUT2D eigenvalue weighted by Gasteiger charge is 2.06. The first kappa shape index (κ1) is 15.4. The van der Waals surface area contributed by atoms with Crippen molar-refractivity contribution in [2.45, 2.75) is 6.92 Å². The number of amides is 2. The van der Waals surface area contributed by atoms with Crippen molar-refractivity contribution >= 4 is 29.3 Å². The van der Waals surface area contributed by atoms with Crippen molar-refractivity contribution < 1.29 is 9.59 Å². The smallest absolute Gasteiger partial charge is 0.248 e. The van der Waals surface area contributed by atoms with E-state index in [1.54, 1.807) is 49.8 Å². The van der Waals surface area contributed by atoms with Crippen LogP contribution >= 0.6 is 0 Å². The molecule has 2 aromatic rings. The lowest BCUT2D eigenvalue weighted by atomic mass is 10.2. The number of aromatic nitrogens is 1. The van der Waals surface area contributed by atoms with Crippen LogP contribution in [0.1, 0.15) is 12.5 Å². The third-order valence-electron chi connectivity index (χ3n) is 3.08. The summed E-state index contributed by atoms with van der Waals surface area (Å²) in [4.78, 5) is 28.7. The van der Waals surface area contributed by atoms with E-state index in [9.17, 15) is 9.59 Å². The van der Waals surface area contributed by atoms with E-state index in [2.05, 4.69) is 10.3 Å². The van der Waals surface area contributed by atoms with Crippen molar-refractivity contribution in [1.29, 1.82) is 0 Å². The molecule has 1 N–H and O–H groups in total. The van der Waals surface area contributed by atoms with Crippen molar-refractivity contribution in [2.24, 2.45) is 0 Å². The number of carbonyl (C=O) groups excluding carboxylic acids is 2. The Hall–Kier alpha value is -2.95. The summed E-state index contributed by atoms with van der Waals surface area (Å²) in [6, 6.07) is 10.8. The highest BCUT2D eigenvalue weighted by atomic mass is 16.2. The lowest BCUT2D eigenvalue weighted by molar-refractivity contribution is -0.116. The molecule has 112 valence electrons. The molecule has 0 unspecified atom stereocenters. The Morgan fingerprint density at radius 2 is 2.05 bits per heavy atom. The molecule has 22 heavy (non-hydrogen) atoms. The van der Waals surface area contributed by atoms with Gasteiger partial charge in [0.25, 0.3) is 0 Å². The number of hydrogen-bond acceptors (Lipinski definition) is 3. The predicted octanol–water partition coefficient (Wildman–Crippen LogP) is 2.72. The number of nitrogens with zero attached hydrogens (tertiary/aromatic N) is 2. The van der Waals surface area contributed by atoms with Gasteiger partial charge in [-0.15, -0.1) is 0 Å². The SMILES string of the molecule is CC(=O)N(C)c1cccc(NC(=O)/C=C/c2cccnc2)c1. The number of pyridine rings is 1. The van der Waals surface area contributed by atoms with Crippen molar-refractivity contribution in [2.75, 3.05) is 17.3 Å². The van der Waals surface area contributed by atoms with E-state index >= 15 is 0 Å². The van der Waals surface area contributed by atoms with Crippen LogP contribution in [0.2, 0.25) is 0 Å². The Morgan fingerprint density at radius 1 is 1.23 bits per heavy atom. The third-order valence-corrected chi connectivity index (χ3v) is 3.08. The van der Waals surface area contributed by atoms with E-state index in [-0.39, 0.29) is 11.8 Å². The molecule has 0 radical (unpaired) electrons. The Bertz CT molecular complexity index is 696. The van der Waals surface area contributed by atoms with Crippen LogP contribution in [0, 0.1) is 0 Å². The maximum absolute atomic E-state index is 11.9. The monoisotopic (exact) mass is 295 g/mol. The molecule has 0 fully saturated rings. The average Bonchev–Trinajstić information content (AvgIpc) is 2.53. The lowest BCUT2D eigenvalue weighted by Crippen LogP contribution is -2.22. The molecule has 2 rings (SSSR count). The van der Waals surface area contributed by atoms with Crippen molar-refractivity contribution in [1.82, 2.24) is 4.98 Å². The maximum Gasteiger partial charge on any atom is 0.248 e. The Morgan fingerprint density at radius 3 is 2.73 bits per heavy atom. The molecule has 5 nitrogen and oxygen atoms in total. The largest absolute Gasteiger partial charge is 0.322 e. The number of anilines is 2. The minimum atomic E-state index is -0.244. The number of benzene rings is 1. The van der Waals surface area contributed by atoms with E-state index in [1.807, 2.05) is 12.1 Å². The van der Waals surface area contributed by atoms with E-state index in [0.717, 1.165) is 11.3 Å². The summed E-state index contributed by atoms with van der Waals surface area (Å²) in [6.07, 6.45) is 6.48. The molecular weight excluding hydrogens is 278 g/mol. The summed E-state index contributed by atoms with van der Waals surface area (Å²) in [6.45, 7) is 1.49. The summed E-state index contributed by atoms with van der Waals surface area (Å²) in [5, 5.41) is 2.76. The topological polar surface area (TPSA) is 62.3 Å². The molecule has 1 heterocycles. The van der Waals surface area contributed by atoms with Crippen molar-refractivity contribution in [3.8, 4) is 0 Å². The Kier molecular flexibility index (Phi) is 5.03. The van der Waals surface area contributed by atoms with Crippen LogP contribution in [0.15, 0.2) is 54.9 Å². The number of rotatable bonds is 4. The number of nitrogens with one attached hydrogen (secondary N) is 1. The highest BCUT2D eigenvalue weighted by molar-refractivity contribution is 6.02. The van der Waals surface area contributed by atoms with Crippen molar-refractivity contribution in [3.63, 3.8) is 0 Å². The molecule has 0 saturated carbocycles. The molecular formula is C17H17N3O2. The van der Waals surface area contributed by atoms with Gasteiger partial charge in [-0.2, -0.15) is 0 Å². The second kappa shape index (κ2) is 7.17. The second-order valence-electron chi connectivity index (χ2n) is 4.74. The normalized spacial score (nSPS) is 10.5. The van der Waals surface area contributed by atoms with Crippen LogP contribution in [0.4, 0.5) is 11.4 Å². The van der Waals surface area contributed by atoms with Crippen LogP contribution in [0.3, 0.4) is 0 Å². The van der Waals surface area contributed by atoms with Gasteiger partial charge in [0.15, 0.2) is 0 Å². The molecule has 1 aromatic heterocycles. The van der Waals surface area contributed by atoms with E-state index in [4.69, 9.17) is 0 Å². The van der Waals surface area contributed by atoms with E-state index < -0.39 is 0 Å². The minimum absolute atomic E-state index is 0.0695. The highest BCUT2D eigenvalue weighted by Crippen LogP contribution is 2.18. The molecule has 0 spiro atoms. The molecule has 0 aliphatic carbocycles. The third kappa shape index (κ3) is 4.28. The van der Waals surface area contributed by atoms with Crippen LogP contribution in [0.25, 0.3) is 6.08 Å². The molecule has 0 aliphatic rings. The summed E-state index contributed by atoms with van der Waals surface area (Å²) in [5.41, 5.74) is 2.20. The first-order valence-electron chi connectivity index (χ1n) is 6.80. The van der Waals surface area contributed by atoms with Gasteiger partial charge in [-0.1, -0.05) is 12.1 Å². The van der Waals surface area contributed by atoms with Crippen LogP contribution in [-0.4, -0.2) is 23.8 Å². The summed E-state index contributed by atoms with van der Waals surface area (Å²) >= 11 is 0. The molecule has 1 aromatic carbocycles. The zero-order chi connectivity index (χ0) is 15.9. The van der Waals surface area contributed by atoms with Gasteiger partial charge in [-0.05, 0) is 35.9 Å². The van der Waals surface area contributed by atoms with E-state index in [1.165, 1.54) is 17.9 Å². The zero-order valence-corrected chi connectivity index (χ0v) is 12.5. The van der Waals surface area contributed by atoms with Gasteiger partial charge in [0.1, 0.15) is 0 Å². The molecule has 0 saturated heterocycles. The standard InChI is InChI=1S/C17H17N3O2/c1-13(21)20(2)16-7-3-6-15(11-16)19-17(22)9-8-14-5-4-10-18-12-14/h3-12H,1-2H3,(H,19,22)/b9-8+. The first-order chi connectivity index (χ1) is 10.6. The lowest BCUT2D eigenvalue weighted by Gasteiger charge is -2.15. The second-order valence-corrected chi connectivity index (χ2v) is 4.74. The van der Waals surface area contributed by atoms with Crippen molar-refractivity contribution in [3.05, 3.63) is 60.4 Å². The number of hydrogen-bond donors (Lipinski definition) is 1. The first-order valence-corrected chi connectivity index (χ1v) is 6.80. The van der Waals surface area contributed by atoms with Gasteiger partial charge in [-0.25, -0.2) is 0 Å². The fraction of sp³-hybridized carbons (Fsp3) is 0.118. The fourth-order valence-corrected chi connectivity index (χ4v) is 1.80. The molecule has 0 bridgehead atoms. The van der Waals surface area contributed by atoms with Gasteiger partial charge in [0.2, 0.25) is 11.8 Å². The molecule has 0 atom stereocenters. The van der Waals surface area contributed by atoms with Crippen LogP contribution in [-0.2, 0) is 9.59 Å². The zero-order valence-electron chi connectivity index (χ0n) is 12.5. The Balaban J connectivity index is 2.04. The minimum Gasteiger partial charge on any atom is -0.322 e. The fourth-order valence-electron chi connectivity index (χ4n) is 1.80. The van der Waals surface area contributed by atoms with Crippen LogP contribution < -0.4 is 10.2 Å². The average molecular weight is 295 g/mol. The van der Waals surface area contributed by atoms with Crippen LogP contribution in [0.5, 0.6) is 0 Å². The summed E-state index contributed by atoms with van der Waals surface area (Å²) in [5.74, 6) is -0.313. The molecule has 5 heteroatoms.